The molecule has 2 aromatic heterocycles. The van der Waals surface area contributed by atoms with Crippen molar-refractivity contribution < 1.29 is 0 Å². The molecule has 1 aliphatic heterocycles. The molecule has 4 nitrogen and oxygen atoms in total. The van der Waals surface area contributed by atoms with E-state index in [1.165, 1.54) is 32.9 Å². The number of fused-ring (bicyclic) bond motifs is 1. The van der Waals surface area contributed by atoms with Gasteiger partial charge in [-0.2, -0.15) is 0 Å². The lowest BCUT2D eigenvalue weighted by atomic mass is 10.1. The number of nitrogens with one attached hydrogen (secondary N) is 1. The highest BCUT2D eigenvalue weighted by Crippen LogP contribution is 2.26. The van der Waals surface area contributed by atoms with Crippen LogP contribution in [0.4, 0.5) is 10.8 Å². The highest BCUT2D eigenvalue weighted by atomic mass is 32.1. The monoisotopic (exact) mass is 388 g/mol. The number of rotatable bonds is 4. The van der Waals surface area contributed by atoms with E-state index in [4.69, 9.17) is 12.2 Å². The molecule has 0 saturated carbocycles. The van der Waals surface area contributed by atoms with Crippen LogP contribution < -0.4 is 5.32 Å². The first-order chi connectivity index (χ1) is 12.1. The highest BCUT2D eigenvalue weighted by molar-refractivity contribution is 7.73. The molecule has 0 amide bonds. The van der Waals surface area contributed by atoms with Crippen LogP contribution in [-0.2, 0) is 19.6 Å². The first-order valence-electron chi connectivity index (χ1n) is 8.28. The van der Waals surface area contributed by atoms with Crippen molar-refractivity contribution in [1.29, 1.82) is 0 Å². The molecule has 1 N–H and O–H groups in total. The molecule has 3 aromatic rings. The summed E-state index contributed by atoms with van der Waals surface area (Å²) >= 11 is 8.91. The van der Waals surface area contributed by atoms with Crippen LogP contribution in [0.5, 0.6) is 0 Å². The fourth-order valence-electron chi connectivity index (χ4n) is 3.01. The topological polar surface area (TPSA) is 33.1 Å². The van der Waals surface area contributed by atoms with E-state index in [2.05, 4.69) is 58.8 Å². The van der Waals surface area contributed by atoms with Crippen LogP contribution >= 0.6 is 34.9 Å². The third-order valence-corrected chi connectivity index (χ3v) is 6.83. The Hall–Kier alpha value is -1.54. The fraction of sp³-hybridized carbons (Fsp3) is 0.333. The molecule has 0 spiro atoms. The SMILES string of the molecule is Cc1ccc(Nc2nn(CN3CCc4sccc4C3)c(=S)s2)cc1C. The van der Waals surface area contributed by atoms with Crippen LogP contribution in [-0.4, -0.2) is 21.2 Å². The zero-order chi connectivity index (χ0) is 17.4. The molecule has 3 heterocycles. The second-order valence-electron chi connectivity index (χ2n) is 6.41. The molecular weight excluding hydrogens is 368 g/mol. The maximum absolute atomic E-state index is 5.52. The van der Waals surface area contributed by atoms with Crippen LogP contribution in [0.3, 0.4) is 0 Å². The van der Waals surface area contributed by atoms with Gasteiger partial charge in [0.15, 0.2) is 3.95 Å². The predicted molar refractivity (Wildman–Crippen MR) is 109 cm³/mol. The van der Waals surface area contributed by atoms with Gasteiger partial charge in [0, 0.05) is 23.7 Å². The summed E-state index contributed by atoms with van der Waals surface area (Å²) < 4.78 is 2.74. The number of aromatic nitrogens is 2. The lowest BCUT2D eigenvalue weighted by molar-refractivity contribution is 0.190. The van der Waals surface area contributed by atoms with Crippen molar-refractivity contribution in [3.63, 3.8) is 0 Å². The van der Waals surface area contributed by atoms with E-state index < -0.39 is 0 Å². The van der Waals surface area contributed by atoms with Gasteiger partial charge in [0.05, 0.1) is 6.67 Å². The Morgan fingerprint density at radius 2 is 2.12 bits per heavy atom. The molecule has 0 saturated heterocycles. The molecular formula is C18H20N4S3. The zero-order valence-electron chi connectivity index (χ0n) is 14.3. The molecule has 25 heavy (non-hydrogen) atoms. The van der Waals surface area contributed by atoms with Crippen LogP contribution in [0.2, 0.25) is 0 Å². The van der Waals surface area contributed by atoms with Crippen molar-refractivity contribution in [3.05, 3.63) is 55.2 Å². The summed E-state index contributed by atoms with van der Waals surface area (Å²) in [5.41, 5.74) is 5.07. The smallest absolute Gasteiger partial charge is 0.209 e. The van der Waals surface area contributed by atoms with Crippen molar-refractivity contribution in [2.45, 2.75) is 33.5 Å². The van der Waals surface area contributed by atoms with Gasteiger partial charge in [-0.05, 0) is 72.8 Å². The van der Waals surface area contributed by atoms with E-state index in [1.807, 2.05) is 16.0 Å². The molecule has 0 fully saturated rings. The van der Waals surface area contributed by atoms with Crippen molar-refractivity contribution >= 4 is 45.7 Å². The Kier molecular flexibility index (Phi) is 4.73. The van der Waals surface area contributed by atoms with Crippen molar-refractivity contribution in [3.8, 4) is 0 Å². The van der Waals surface area contributed by atoms with Gasteiger partial charge in [-0.25, -0.2) is 4.68 Å². The van der Waals surface area contributed by atoms with Gasteiger partial charge < -0.3 is 5.32 Å². The van der Waals surface area contributed by atoms with Gasteiger partial charge >= 0.3 is 0 Å². The number of aryl methyl sites for hydroxylation is 2. The van der Waals surface area contributed by atoms with Crippen molar-refractivity contribution in [2.24, 2.45) is 0 Å². The molecule has 0 bridgehead atoms. The Bertz CT molecular complexity index is 953. The Labute approximate surface area is 160 Å². The Morgan fingerprint density at radius 3 is 2.96 bits per heavy atom. The summed E-state index contributed by atoms with van der Waals surface area (Å²) in [6.07, 6.45) is 1.12. The molecule has 0 unspecified atom stereocenters. The van der Waals surface area contributed by atoms with E-state index in [0.717, 1.165) is 41.0 Å². The van der Waals surface area contributed by atoms with Crippen molar-refractivity contribution in [1.82, 2.24) is 14.7 Å². The quantitative estimate of drug-likeness (QED) is 0.630. The maximum Gasteiger partial charge on any atom is 0.209 e. The van der Waals surface area contributed by atoms with Gasteiger partial charge in [-0.1, -0.05) is 17.4 Å². The summed E-state index contributed by atoms with van der Waals surface area (Å²) in [7, 11) is 0. The van der Waals surface area contributed by atoms with E-state index in [9.17, 15) is 0 Å². The number of nitrogens with zero attached hydrogens (tertiary/aromatic N) is 3. The average Bonchev–Trinajstić information content (AvgIpc) is 3.17. The normalized spacial score (nSPS) is 14.5. The number of anilines is 2. The van der Waals surface area contributed by atoms with Gasteiger partial charge in [0.25, 0.3) is 0 Å². The second-order valence-corrected chi connectivity index (χ2v) is 9.03. The molecule has 1 aliphatic rings. The minimum absolute atomic E-state index is 0.749. The first-order valence-corrected chi connectivity index (χ1v) is 10.4. The number of hydrogen-bond acceptors (Lipinski definition) is 6. The van der Waals surface area contributed by atoms with Crippen LogP contribution in [0.25, 0.3) is 0 Å². The lowest BCUT2D eigenvalue weighted by Gasteiger charge is -2.26. The molecule has 0 atom stereocenters. The molecule has 0 aliphatic carbocycles. The highest BCUT2D eigenvalue weighted by Gasteiger charge is 2.18. The number of thiophene rings is 1. The van der Waals surface area contributed by atoms with E-state index in [-0.39, 0.29) is 0 Å². The van der Waals surface area contributed by atoms with Crippen LogP contribution in [0.1, 0.15) is 21.6 Å². The third-order valence-electron chi connectivity index (χ3n) is 4.59. The average molecular weight is 389 g/mol. The summed E-state index contributed by atoms with van der Waals surface area (Å²) in [6.45, 7) is 7.04. The minimum atomic E-state index is 0.749. The van der Waals surface area contributed by atoms with Crippen molar-refractivity contribution in [2.75, 3.05) is 11.9 Å². The molecule has 7 heteroatoms. The Balaban J connectivity index is 1.47. The standard InChI is InChI=1S/C18H20N4S3/c1-12-3-4-15(9-13(12)2)19-17-20-22(18(23)25-17)11-21-7-5-16-14(10-21)6-8-24-16/h3-4,6,8-9H,5,7,10-11H2,1-2H3,(H,19,20). The predicted octanol–water partition coefficient (Wildman–Crippen LogP) is 5.11. The number of hydrogen-bond donors (Lipinski definition) is 1. The zero-order valence-corrected chi connectivity index (χ0v) is 16.7. The maximum atomic E-state index is 5.52. The molecule has 1 aromatic carbocycles. The molecule has 130 valence electrons. The first kappa shape index (κ1) is 16.9. The van der Waals surface area contributed by atoms with E-state index in [1.54, 1.807) is 0 Å². The van der Waals surface area contributed by atoms with Gasteiger partial charge in [0.1, 0.15) is 0 Å². The molecule has 0 radical (unpaired) electrons. The summed E-state index contributed by atoms with van der Waals surface area (Å²) in [4.78, 5) is 3.93. The largest absolute Gasteiger partial charge is 0.330 e. The summed E-state index contributed by atoms with van der Waals surface area (Å²) in [5, 5.41) is 11.1. The third kappa shape index (κ3) is 3.69. The number of benzene rings is 1. The van der Waals surface area contributed by atoms with E-state index in [0.29, 0.717) is 0 Å². The minimum Gasteiger partial charge on any atom is -0.330 e. The van der Waals surface area contributed by atoms with Gasteiger partial charge in [-0.15, -0.1) is 16.4 Å². The van der Waals surface area contributed by atoms with Gasteiger partial charge in [-0.3, -0.25) is 4.90 Å². The molecule has 4 rings (SSSR count). The summed E-state index contributed by atoms with van der Waals surface area (Å²) in [5.74, 6) is 0. The fourth-order valence-corrected chi connectivity index (χ4v) is 4.91. The van der Waals surface area contributed by atoms with Crippen LogP contribution in [0, 0.1) is 17.8 Å². The second kappa shape index (κ2) is 6.99. The van der Waals surface area contributed by atoms with Crippen LogP contribution in [0.15, 0.2) is 29.6 Å². The lowest BCUT2D eigenvalue weighted by Crippen LogP contribution is -2.32. The Morgan fingerprint density at radius 1 is 1.24 bits per heavy atom. The summed E-state index contributed by atoms with van der Waals surface area (Å²) in [6, 6.07) is 8.59. The van der Waals surface area contributed by atoms with E-state index >= 15 is 0 Å². The van der Waals surface area contributed by atoms with Gasteiger partial charge in [0.2, 0.25) is 5.13 Å².